The minimum Gasteiger partial charge on any atom is -0.462 e. The van der Waals surface area contributed by atoms with Crippen LogP contribution in [0.4, 0.5) is 0 Å². The van der Waals surface area contributed by atoms with Gasteiger partial charge < -0.3 is 29.9 Å². The van der Waals surface area contributed by atoms with E-state index < -0.39 is 62.4 Å². The van der Waals surface area contributed by atoms with E-state index in [9.17, 15) is 24.8 Å². The van der Waals surface area contributed by atoms with E-state index in [-0.39, 0.29) is 17.5 Å². The zero-order valence-corrected chi connectivity index (χ0v) is 23.3. The molecule has 1 aromatic rings. The number of nitrogens with one attached hydrogen (secondary N) is 1. The van der Waals surface area contributed by atoms with Crippen LogP contribution < -0.4 is 15.3 Å². The number of aliphatic hydroxyl groups excluding tert-OH is 2. The van der Waals surface area contributed by atoms with Crippen molar-refractivity contribution >= 4 is 25.9 Å². The molecule has 0 spiro atoms. The van der Waals surface area contributed by atoms with Crippen LogP contribution in [-0.2, 0) is 23.4 Å². The number of carbonyl (C=O) groups excluding carboxylic acids is 1. The number of carbonyl (C=O) groups is 1. The van der Waals surface area contributed by atoms with Gasteiger partial charge in [-0.2, -0.15) is 15.5 Å². The van der Waals surface area contributed by atoms with E-state index >= 15 is 0 Å². The van der Waals surface area contributed by atoms with Crippen LogP contribution >= 0.6 is 7.75 Å². The molecule has 0 amide bonds. The molecule has 0 saturated carbocycles. The van der Waals surface area contributed by atoms with Gasteiger partial charge in [0.25, 0.3) is 0 Å². The van der Waals surface area contributed by atoms with E-state index in [1.54, 1.807) is 57.2 Å². The smallest absolute Gasteiger partial charge is 0.459 e. The summed E-state index contributed by atoms with van der Waals surface area (Å²) >= 11 is 0. The average molecular weight is 577 g/mol. The monoisotopic (exact) mass is 576 g/mol. The van der Waals surface area contributed by atoms with Crippen molar-refractivity contribution < 1.29 is 38.1 Å². The predicted octanol–water partition coefficient (Wildman–Crippen LogP) is 1.02. The van der Waals surface area contributed by atoms with Crippen LogP contribution in [0.3, 0.4) is 0 Å². The summed E-state index contributed by atoms with van der Waals surface area (Å²) < 4.78 is 36.2. The van der Waals surface area contributed by atoms with Gasteiger partial charge in [-0.15, -0.1) is 0 Å². The second-order valence-corrected chi connectivity index (χ2v) is 11.7. The van der Waals surface area contributed by atoms with Gasteiger partial charge in [0.15, 0.2) is 5.84 Å². The maximum Gasteiger partial charge on any atom is 0.459 e. The molecule has 3 unspecified atom stereocenters. The highest BCUT2D eigenvalue weighted by Crippen LogP contribution is 2.48. The summed E-state index contributed by atoms with van der Waals surface area (Å²) in [5.41, 5.74) is 4.46. The molecule has 15 heteroatoms. The van der Waals surface area contributed by atoms with Crippen molar-refractivity contribution in [3.05, 3.63) is 42.1 Å². The van der Waals surface area contributed by atoms with Gasteiger partial charge in [0.2, 0.25) is 5.60 Å². The number of esters is 1. The molecule has 1 aromatic carbocycles. The number of hydrogen-bond donors (Lipinski definition) is 4. The number of benzene rings is 1. The maximum absolute atomic E-state index is 13.8. The fraction of sp³-hybridized carbons (Fsp3) is 0.520. The molecule has 1 saturated heterocycles. The van der Waals surface area contributed by atoms with Gasteiger partial charge in [0, 0.05) is 5.92 Å². The lowest BCUT2D eigenvalue weighted by atomic mass is 9.82. The van der Waals surface area contributed by atoms with Gasteiger partial charge in [0.1, 0.15) is 48.6 Å². The molecule has 216 valence electrons. The number of para-hydroxylation sites is 1. The maximum atomic E-state index is 13.8. The highest BCUT2D eigenvalue weighted by Gasteiger charge is 2.63. The summed E-state index contributed by atoms with van der Waals surface area (Å²) in [4.78, 5) is 16.4. The number of nitrogens with two attached hydrogens (primary N) is 1. The molecule has 0 radical (unpaired) electrons. The summed E-state index contributed by atoms with van der Waals surface area (Å²) in [6, 6.07) is 8.18. The number of nitriles is 1. The van der Waals surface area contributed by atoms with Gasteiger partial charge in [-0.1, -0.05) is 31.2 Å². The van der Waals surface area contributed by atoms with Crippen molar-refractivity contribution in [1.82, 2.24) is 10.1 Å². The van der Waals surface area contributed by atoms with Gasteiger partial charge >= 0.3 is 13.7 Å². The third kappa shape index (κ3) is 5.76. The number of hydrazone groups is 1. The molecule has 3 aliphatic heterocycles. The fourth-order valence-electron chi connectivity index (χ4n) is 4.80. The molecule has 40 heavy (non-hydrogen) atoms. The number of nitrogens with zero attached hydrogens (tertiary/aromatic N) is 4. The molecule has 0 aliphatic carbocycles. The third-order valence-electron chi connectivity index (χ3n) is 6.60. The molecule has 4 rings (SSSR count). The molecule has 14 nitrogen and oxygen atoms in total. The Kier molecular flexibility index (Phi) is 8.65. The summed E-state index contributed by atoms with van der Waals surface area (Å²) in [5.74, 6) is -0.708. The van der Waals surface area contributed by atoms with Gasteiger partial charge in [-0.3, -0.25) is 14.3 Å². The number of ether oxygens (including phenoxy) is 2. The zero-order valence-electron chi connectivity index (χ0n) is 22.4. The Hall–Kier alpha value is -3.31. The van der Waals surface area contributed by atoms with Gasteiger partial charge in [-0.05, 0) is 32.9 Å². The number of aliphatic hydroxyl groups is 2. The topological polar surface area (TPSA) is 201 Å². The highest BCUT2D eigenvalue weighted by atomic mass is 31.2. The summed E-state index contributed by atoms with van der Waals surface area (Å²) in [5, 5.41) is 40.4. The van der Waals surface area contributed by atoms with Crippen LogP contribution in [-0.4, -0.2) is 82.1 Å². The quantitative estimate of drug-likeness (QED) is 0.228. The van der Waals surface area contributed by atoms with Crippen LogP contribution in [0, 0.1) is 17.2 Å². The number of hydrogen-bond acceptors (Lipinski definition) is 13. The van der Waals surface area contributed by atoms with Crippen molar-refractivity contribution in [3.63, 3.8) is 0 Å². The summed E-state index contributed by atoms with van der Waals surface area (Å²) in [7, 11) is -4.30. The first-order valence-electron chi connectivity index (χ1n) is 12.7. The number of amidine groups is 1. The molecule has 3 heterocycles. The minimum absolute atomic E-state index is 0.181. The lowest BCUT2D eigenvalue weighted by Gasteiger charge is -2.38. The molecule has 8 atom stereocenters. The molecule has 3 aliphatic rings. The average Bonchev–Trinajstić information content (AvgIpc) is 3.37. The largest absolute Gasteiger partial charge is 0.462 e. The van der Waals surface area contributed by atoms with Crippen molar-refractivity contribution in [2.24, 2.45) is 21.7 Å². The lowest BCUT2D eigenvalue weighted by Crippen LogP contribution is -2.58. The van der Waals surface area contributed by atoms with E-state index in [1.807, 2.05) is 6.07 Å². The van der Waals surface area contributed by atoms with Crippen LogP contribution in [0.5, 0.6) is 5.75 Å². The van der Waals surface area contributed by atoms with Crippen molar-refractivity contribution in [3.8, 4) is 11.8 Å². The Bertz CT molecular complexity index is 1280. The number of rotatable bonds is 10. The van der Waals surface area contributed by atoms with Gasteiger partial charge in [-0.25, -0.2) is 9.56 Å². The van der Waals surface area contributed by atoms with E-state index in [4.69, 9.17) is 24.3 Å². The first-order chi connectivity index (χ1) is 18.9. The normalized spacial score (nSPS) is 31.6. The second-order valence-electron chi connectivity index (χ2n) is 9.98. The van der Waals surface area contributed by atoms with E-state index in [0.29, 0.717) is 5.70 Å². The Balaban J connectivity index is 1.54. The number of fused-ring (bicyclic) bond motifs is 1. The Morgan fingerprint density at radius 2 is 2.02 bits per heavy atom. The van der Waals surface area contributed by atoms with Gasteiger partial charge in [0.05, 0.1) is 18.4 Å². The Morgan fingerprint density at radius 1 is 1.32 bits per heavy atom. The van der Waals surface area contributed by atoms with Crippen molar-refractivity contribution in [2.45, 2.75) is 69.8 Å². The molecule has 5 N–H and O–H groups in total. The molecular formula is C25H33N6O8P. The first-order valence-corrected chi connectivity index (χ1v) is 14.2. The van der Waals surface area contributed by atoms with Crippen LogP contribution in [0.25, 0.3) is 0 Å². The van der Waals surface area contributed by atoms with E-state index in [2.05, 4.69) is 15.2 Å². The molecule has 0 aromatic heterocycles. The SMILES string of the molecule is CC(C)OC(=O)[C@H](C)NP(=O)(OC[C@H]1O[C@@](C#N)(C2C(C)C=C3C(N)=NC=NN32)[C@H](O)[C@@H]1O)Oc1ccccc1. The van der Waals surface area contributed by atoms with Crippen molar-refractivity contribution in [1.29, 1.82) is 5.26 Å². The summed E-state index contributed by atoms with van der Waals surface area (Å²) in [6.45, 7) is 5.99. The Morgan fingerprint density at radius 3 is 2.67 bits per heavy atom. The predicted molar refractivity (Wildman–Crippen MR) is 143 cm³/mol. The third-order valence-corrected chi connectivity index (χ3v) is 8.25. The van der Waals surface area contributed by atoms with Crippen molar-refractivity contribution in [2.75, 3.05) is 6.61 Å². The van der Waals surface area contributed by atoms with E-state index in [1.165, 1.54) is 18.3 Å². The summed E-state index contributed by atoms with van der Waals surface area (Å²) in [6.07, 6.45) is -2.05. The second kappa shape index (κ2) is 11.7. The van der Waals surface area contributed by atoms with Crippen LogP contribution in [0.2, 0.25) is 0 Å². The minimum atomic E-state index is -4.30. The zero-order chi connectivity index (χ0) is 29.2. The molecule has 1 fully saturated rings. The molecule has 0 bridgehead atoms. The Labute approximate surface area is 231 Å². The first kappa shape index (κ1) is 29.7. The van der Waals surface area contributed by atoms with Crippen LogP contribution in [0.1, 0.15) is 27.7 Å². The standard InChI is InChI=1S/C25H33N6O8P/c1-14(2)37-24(34)16(4)30-40(35,39-17-8-6-5-7-9-17)36-11-19-20(32)22(33)25(12-26,38-19)21-15(3)10-18-23(27)28-13-29-31(18)21/h5-10,13-16,19-22,32-33H,11H2,1-4H3,(H,30,35)(H2,27,28,29)/t15?,16-,19+,20+,21?,22+,25-,40?/m0/s1. The van der Waals surface area contributed by atoms with E-state index in [0.717, 1.165) is 0 Å². The number of aliphatic imine (C=N–C) groups is 1. The van der Waals surface area contributed by atoms with Crippen LogP contribution in [0.15, 0.2) is 52.2 Å². The highest BCUT2D eigenvalue weighted by molar-refractivity contribution is 7.52. The fourth-order valence-corrected chi connectivity index (χ4v) is 6.30. The molecular weight excluding hydrogens is 543 g/mol. The lowest BCUT2D eigenvalue weighted by molar-refractivity contribution is -0.149.